The summed E-state index contributed by atoms with van der Waals surface area (Å²) in [7, 11) is 0. The van der Waals surface area contributed by atoms with Gasteiger partial charge in [-0.1, -0.05) is 0 Å². The van der Waals surface area contributed by atoms with Crippen LogP contribution in [0.4, 0.5) is 17.6 Å². The van der Waals surface area contributed by atoms with Gasteiger partial charge in [0.25, 0.3) is 0 Å². The molecule has 10 heteroatoms. The van der Waals surface area contributed by atoms with Crippen molar-refractivity contribution in [3.05, 3.63) is 12.7 Å². The third-order valence-corrected chi connectivity index (χ3v) is 3.51. The van der Waals surface area contributed by atoms with E-state index in [4.69, 9.17) is 0 Å². The third kappa shape index (κ3) is 4.15. The molecule has 22 heavy (non-hydrogen) atoms. The molecule has 1 amide bonds. The van der Waals surface area contributed by atoms with Crippen molar-refractivity contribution >= 4 is 5.91 Å². The summed E-state index contributed by atoms with van der Waals surface area (Å²) in [5, 5.41) is 7.42. The molecule has 1 aliphatic heterocycles. The number of aromatic nitrogens is 3. The summed E-state index contributed by atoms with van der Waals surface area (Å²) in [6.45, 7) is -1.21. The van der Waals surface area contributed by atoms with E-state index in [0.717, 1.165) is 0 Å². The van der Waals surface area contributed by atoms with Gasteiger partial charge in [0.15, 0.2) is 0 Å². The monoisotopic (exact) mass is 324 g/mol. The van der Waals surface area contributed by atoms with Crippen molar-refractivity contribution in [1.29, 1.82) is 0 Å². The highest BCUT2D eigenvalue weighted by molar-refractivity contribution is 5.77. The Morgan fingerprint density at radius 1 is 1.27 bits per heavy atom. The van der Waals surface area contributed by atoms with Crippen LogP contribution in [0.3, 0.4) is 0 Å². The number of nitrogens with zero attached hydrogens (tertiary/aromatic N) is 4. The number of likely N-dealkylation sites (tertiary alicyclic amines) is 1. The molecule has 0 aliphatic carbocycles. The Bertz CT molecular complexity index is 475. The van der Waals surface area contributed by atoms with Crippen LogP contribution in [0.2, 0.25) is 0 Å². The SMILES string of the molecule is O=C(COCC(F)(F)C(F)F)N1CCC(n2cnnc2)CC1. The lowest BCUT2D eigenvalue weighted by molar-refractivity contribution is -0.171. The van der Waals surface area contributed by atoms with Crippen molar-refractivity contribution in [2.75, 3.05) is 26.3 Å². The number of piperidine rings is 1. The number of hydrogen-bond acceptors (Lipinski definition) is 4. The van der Waals surface area contributed by atoms with Crippen molar-refractivity contribution in [2.45, 2.75) is 31.2 Å². The van der Waals surface area contributed by atoms with Crippen molar-refractivity contribution in [1.82, 2.24) is 19.7 Å². The molecular formula is C12H16F4N4O2. The molecule has 0 radical (unpaired) electrons. The van der Waals surface area contributed by atoms with Crippen LogP contribution in [-0.4, -0.2) is 64.2 Å². The van der Waals surface area contributed by atoms with Crippen LogP contribution in [0.15, 0.2) is 12.7 Å². The summed E-state index contributed by atoms with van der Waals surface area (Å²) < 4.78 is 55.4. The van der Waals surface area contributed by atoms with Crippen molar-refractivity contribution in [3.63, 3.8) is 0 Å². The number of rotatable bonds is 6. The fourth-order valence-corrected chi connectivity index (χ4v) is 2.24. The Labute approximate surface area is 124 Å². The molecule has 2 heterocycles. The molecule has 0 aromatic carbocycles. The average Bonchev–Trinajstić information content (AvgIpc) is 3.01. The fourth-order valence-electron chi connectivity index (χ4n) is 2.24. The largest absolute Gasteiger partial charge is 0.365 e. The predicted octanol–water partition coefficient (Wildman–Crippen LogP) is 1.36. The van der Waals surface area contributed by atoms with Gasteiger partial charge in [-0.25, -0.2) is 8.78 Å². The zero-order valence-corrected chi connectivity index (χ0v) is 11.7. The number of carbonyl (C=O) groups is 1. The molecule has 1 aliphatic rings. The number of carbonyl (C=O) groups excluding carboxylic acids is 1. The van der Waals surface area contributed by atoms with Gasteiger partial charge >= 0.3 is 12.3 Å². The average molecular weight is 324 g/mol. The van der Waals surface area contributed by atoms with Crippen LogP contribution in [0.5, 0.6) is 0 Å². The van der Waals surface area contributed by atoms with Gasteiger partial charge < -0.3 is 14.2 Å². The summed E-state index contributed by atoms with van der Waals surface area (Å²) in [6.07, 6.45) is 0.741. The van der Waals surface area contributed by atoms with E-state index in [1.54, 1.807) is 12.7 Å². The highest BCUT2D eigenvalue weighted by Gasteiger charge is 2.41. The first-order valence-electron chi connectivity index (χ1n) is 6.76. The molecule has 1 aromatic rings. The second-order valence-corrected chi connectivity index (χ2v) is 5.08. The van der Waals surface area contributed by atoms with E-state index in [-0.39, 0.29) is 6.04 Å². The van der Waals surface area contributed by atoms with Gasteiger partial charge in [-0.2, -0.15) is 8.78 Å². The molecule has 6 nitrogen and oxygen atoms in total. The van der Waals surface area contributed by atoms with E-state index in [2.05, 4.69) is 14.9 Å². The van der Waals surface area contributed by atoms with Crippen molar-refractivity contribution in [3.8, 4) is 0 Å². The van der Waals surface area contributed by atoms with Crippen molar-refractivity contribution < 1.29 is 27.1 Å². The highest BCUT2D eigenvalue weighted by Crippen LogP contribution is 2.24. The van der Waals surface area contributed by atoms with Crippen LogP contribution < -0.4 is 0 Å². The number of ether oxygens (including phenoxy) is 1. The van der Waals surface area contributed by atoms with Crippen LogP contribution in [-0.2, 0) is 9.53 Å². The van der Waals surface area contributed by atoms with Crippen LogP contribution in [0.25, 0.3) is 0 Å². The first-order chi connectivity index (χ1) is 10.4. The Morgan fingerprint density at radius 2 is 1.86 bits per heavy atom. The van der Waals surface area contributed by atoms with Gasteiger partial charge in [-0.05, 0) is 12.8 Å². The van der Waals surface area contributed by atoms with Gasteiger partial charge in [0, 0.05) is 19.1 Å². The standard InChI is InChI=1S/C12H16F4N4O2/c13-11(14)12(15,16)6-22-5-10(21)19-3-1-9(2-4-19)20-7-17-18-8-20/h7-9,11H,1-6H2. The van der Waals surface area contributed by atoms with Crippen LogP contribution >= 0.6 is 0 Å². The van der Waals surface area contributed by atoms with Gasteiger partial charge in [0.2, 0.25) is 5.91 Å². The van der Waals surface area contributed by atoms with Crippen LogP contribution in [0.1, 0.15) is 18.9 Å². The molecule has 0 saturated carbocycles. The molecule has 2 rings (SSSR count). The first kappa shape index (κ1) is 16.7. The van der Waals surface area contributed by atoms with Gasteiger partial charge in [-0.3, -0.25) is 4.79 Å². The zero-order valence-electron chi connectivity index (χ0n) is 11.7. The summed E-state index contributed by atoms with van der Waals surface area (Å²) in [5.41, 5.74) is 0. The molecule has 0 unspecified atom stereocenters. The molecule has 0 atom stereocenters. The Balaban J connectivity index is 1.71. The van der Waals surface area contributed by atoms with E-state index < -0.39 is 31.5 Å². The molecule has 1 saturated heterocycles. The molecule has 0 N–H and O–H groups in total. The topological polar surface area (TPSA) is 60.2 Å². The Hall–Kier alpha value is -1.71. The minimum Gasteiger partial charge on any atom is -0.365 e. The Morgan fingerprint density at radius 3 is 2.41 bits per heavy atom. The summed E-state index contributed by atoms with van der Waals surface area (Å²) in [6, 6.07) is 0.183. The second-order valence-electron chi connectivity index (χ2n) is 5.08. The lowest BCUT2D eigenvalue weighted by Crippen LogP contribution is -2.42. The summed E-state index contributed by atoms with van der Waals surface area (Å²) in [5.74, 6) is -4.71. The third-order valence-electron chi connectivity index (χ3n) is 3.51. The molecule has 0 bridgehead atoms. The molecule has 1 fully saturated rings. The maximum atomic E-state index is 12.6. The Kier molecular flexibility index (Phi) is 5.33. The minimum atomic E-state index is -4.23. The number of amides is 1. The summed E-state index contributed by atoms with van der Waals surface area (Å²) >= 11 is 0. The fraction of sp³-hybridized carbons (Fsp3) is 0.750. The molecule has 1 aromatic heterocycles. The molecule has 124 valence electrons. The van der Waals surface area contributed by atoms with E-state index in [1.165, 1.54) is 4.90 Å². The van der Waals surface area contributed by atoms with Gasteiger partial charge in [0.1, 0.15) is 25.9 Å². The lowest BCUT2D eigenvalue weighted by Gasteiger charge is -2.32. The van der Waals surface area contributed by atoms with E-state index in [9.17, 15) is 22.4 Å². The smallest absolute Gasteiger partial charge is 0.330 e. The summed E-state index contributed by atoms with van der Waals surface area (Å²) in [4.78, 5) is 13.3. The highest BCUT2D eigenvalue weighted by atomic mass is 19.3. The lowest BCUT2D eigenvalue weighted by atomic mass is 10.1. The van der Waals surface area contributed by atoms with Gasteiger partial charge in [-0.15, -0.1) is 10.2 Å². The number of halogens is 4. The zero-order chi connectivity index (χ0) is 16.2. The van der Waals surface area contributed by atoms with Crippen LogP contribution in [0, 0.1) is 0 Å². The normalized spacial score (nSPS) is 17.2. The predicted molar refractivity (Wildman–Crippen MR) is 66.6 cm³/mol. The minimum absolute atomic E-state index is 0.183. The number of hydrogen-bond donors (Lipinski definition) is 0. The van der Waals surface area contributed by atoms with E-state index in [1.807, 2.05) is 4.57 Å². The maximum absolute atomic E-state index is 12.6. The van der Waals surface area contributed by atoms with Crippen molar-refractivity contribution in [2.24, 2.45) is 0 Å². The molecular weight excluding hydrogens is 308 g/mol. The first-order valence-corrected chi connectivity index (χ1v) is 6.76. The van der Waals surface area contributed by atoms with E-state index >= 15 is 0 Å². The molecule has 0 spiro atoms. The maximum Gasteiger partial charge on any atom is 0.330 e. The second kappa shape index (κ2) is 7.03. The van der Waals surface area contributed by atoms with Gasteiger partial charge in [0.05, 0.1) is 0 Å². The number of alkyl halides is 4. The quantitative estimate of drug-likeness (QED) is 0.741. The van der Waals surface area contributed by atoms with E-state index in [0.29, 0.717) is 25.9 Å².